The number of aryl methyl sites for hydroxylation is 1. The summed E-state index contributed by atoms with van der Waals surface area (Å²) in [7, 11) is 0. The molecule has 0 spiro atoms. The molecule has 1 aliphatic rings. The van der Waals surface area contributed by atoms with Gasteiger partial charge in [0, 0.05) is 17.8 Å². The number of hydrogen-bond acceptors (Lipinski definition) is 4. The van der Waals surface area contributed by atoms with Crippen LogP contribution in [0, 0.1) is 0 Å². The number of fused-ring (bicyclic) bond motifs is 1. The lowest BCUT2D eigenvalue weighted by Gasteiger charge is -2.21. The van der Waals surface area contributed by atoms with Crippen molar-refractivity contribution < 1.29 is 19.1 Å². The van der Waals surface area contributed by atoms with E-state index in [0.29, 0.717) is 41.0 Å². The second-order valence-electron chi connectivity index (χ2n) is 6.82. The second kappa shape index (κ2) is 8.97. The molecule has 152 valence electrons. The molecule has 0 saturated heterocycles. The molecule has 0 amide bonds. The summed E-state index contributed by atoms with van der Waals surface area (Å²) < 4.78 is 12.9. The number of aromatic nitrogens is 1. The molecule has 0 saturated carbocycles. The van der Waals surface area contributed by atoms with E-state index >= 15 is 0 Å². The zero-order valence-corrected chi connectivity index (χ0v) is 17.4. The zero-order valence-electron chi connectivity index (χ0n) is 16.6. The first-order chi connectivity index (χ1) is 14.7. The Hall–Kier alpha value is -3.38. The summed E-state index contributed by atoms with van der Waals surface area (Å²) in [6, 6.07) is 18.8. The van der Waals surface area contributed by atoms with Crippen LogP contribution in [-0.2, 0) is 6.42 Å². The molecule has 4 rings (SSSR count). The fourth-order valence-corrected chi connectivity index (χ4v) is 3.54. The first kappa shape index (κ1) is 19.9. The summed E-state index contributed by atoms with van der Waals surface area (Å²) in [5, 5.41) is 16.7. The Kier molecular flexibility index (Phi) is 5.95. The van der Waals surface area contributed by atoms with Crippen molar-refractivity contribution >= 4 is 34.3 Å². The molecule has 2 heterocycles. The Labute approximate surface area is 181 Å². The lowest BCUT2D eigenvalue weighted by molar-refractivity contribution is -0.577. The first-order valence-electron chi connectivity index (χ1n) is 9.84. The predicted octanol–water partition coefficient (Wildman–Crippen LogP) is 3.43. The number of nitrogens with zero attached hydrogens (tertiary/aromatic N) is 1. The van der Waals surface area contributed by atoms with Crippen LogP contribution in [0.25, 0.3) is 11.5 Å². The lowest BCUT2D eigenvalue weighted by atomic mass is 10.1. The van der Waals surface area contributed by atoms with Crippen molar-refractivity contribution in [3.05, 3.63) is 84.2 Å². The SMILES string of the molecule is CCc1ccc(NC(=S)C(=C([O-])c2ccc3c(c2)OCCO3)[n+]2ccccc2)cc1. The molecule has 0 radical (unpaired) electrons. The number of pyridine rings is 1. The number of benzene rings is 2. The van der Waals surface area contributed by atoms with Gasteiger partial charge in [0.15, 0.2) is 28.9 Å². The second-order valence-corrected chi connectivity index (χ2v) is 7.23. The van der Waals surface area contributed by atoms with Crippen molar-refractivity contribution in [1.82, 2.24) is 0 Å². The zero-order chi connectivity index (χ0) is 20.9. The fraction of sp³-hybridized carbons (Fsp3) is 0.167. The van der Waals surface area contributed by atoms with Crippen molar-refractivity contribution in [2.45, 2.75) is 13.3 Å². The highest BCUT2D eigenvalue weighted by molar-refractivity contribution is 7.81. The molecule has 0 fully saturated rings. The Morgan fingerprint density at radius 1 is 1.00 bits per heavy atom. The topological polar surface area (TPSA) is 57.4 Å². The van der Waals surface area contributed by atoms with E-state index in [4.69, 9.17) is 21.7 Å². The maximum absolute atomic E-state index is 13.5. The standard InChI is InChI=1S/C24H22N2O3S/c1-2-17-6-9-19(10-7-17)25-24(30)22(26-12-4-3-5-13-26)23(27)18-8-11-20-21(16-18)29-15-14-28-20/h3-13,16H,2,14-15H2,1H3,(H-,25,27,30). The van der Waals surface area contributed by atoms with Gasteiger partial charge >= 0.3 is 0 Å². The van der Waals surface area contributed by atoms with Gasteiger partial charge in [-0.25, -0.2) is 0 Å². The number of ether oxygens (including phenoxy) is 2. The molecule has 1 N–H and O–H groups in total. The van der Waals surface area contributed by atoms with E-state index in [0.717, 1.165) is 12.1 Å². The smallest absolute Gasteiger partial charge is 0.238 e. The number of rotatable bonds is 5. The summed E-state index contributed by atoms with van der Waals surface area (Å²) in [5.41, 5.74) is 2.92. The molecule has 6 heteroatoms. The van der Waals surface area contributed by atoms with Crippen LogP contribution in [0.4, 0.5) is 5.69 Å². The summed E-state index contributed by atoms with van der Waals surface area (Å²) in [6.45, 7) is 3.07. The van der Waals surface area contributed by atoms with Gasteiger partial charge < -0.3 is 19.9 Å². The Morgan fingerprint density at radius 3 is 2.40 bits per heavy atom. The maximum atomic E-state index is 13.5. The lowest BCUT2D eigenvalue weighted by Crippen LogP contribution is -2.39. The summed E-state index contributed by atoms with van der Waals surface area (Å²) in [6.07, 6.45) is 4.57. The van der Waals surface area contributed by atoms with Crippen LogP contribution < -0.4 is 24.5 Å². The monoisotopic (exact) mass is 418 g/mol. The van der Waals surface area contributed by atoms with Crippen molar-refractivity contribution in [3.8, 4) is 11.5 Å². The normalized spacial score (nSPS) is 13.4. The molecule has 1 aromatic heterocycles. The van der Waals surface area contributed by atoms with E-state index < -0.39 is 0 Å². The summed E-state index contributed by atoms with van der Waals surface area (Å²) in [4.78, 5) is 0.343. The number of anilines is 1. The highest BCUT2D eigenvalue weighted by Crippen LogP contribution is 2.32. The molecular weight excluding hydrogens is 396 g/mol. The van der Waals surface area contributed by atoms with Crippen LogP contribution in [-0.4, -0.2) is 18.2 Å². The highest BCUT2D eigenvalue weighted by Gasteiger charge is 2.20. The third-order valence-electron chi connectivity index (χ3n) is 4.83. The average Bonchev–Trinajstić information content (AvgIpc) is 2.80. The number of nitrogens with one attached hydrogen (secondary N) is 1. The highest BCUT2D eigenvalue weighted by atomic mass is 32.1. The van der Waals surface area contributed by atoms with E-state index in [1.165, 1.54) is 5.56 Å². The summed E-state index contributed by atoms with van der Waals surface area (Å²) >= 11 is 5.65. The van der Waals surface area contributed by atoms with Gasteiger partial charge in [-0.15, -0.1) is 0 Å². The molecule has 2 aromatic carbocycles. The molecule has 0 atom stereocenters. The van der Waals surface area contributed by atoms with Crippen LogP contribution in [0.1, 0.15) is 18.1 Å². The minimum absolute atomic E-state index is 0.203. The van der Waals surface area contributed by atoms with E-state index in [1.807, 2.05) is 42.5 Å². The van der Waals surface area contributed by atoms with Gasteiger partial charge in [0.1, 0.15) is 13.2 Å². The van der Waals surface area contributed by atoms with Crippen LogP contribution in [0.5, 0.6) is 11.5 Å². The fourth-order valence-electron chi connectivity index (χ4n) is 3.22. The average molecular weight is 419 g/mol. The Bertz CT molecular complexity index is 1080. The molecule has 0 bridgehead atoms. The van der Waals surface area contributed by atoms with Gasteiger partial charge in [-0.05, 0) is 47.6 Å². The largest absolute Gasteiger partial charge is 0.867 e. The molecule has 1 aliphatic heterocycles. The third-order valence-corrected chi connectivity index (χ3v) is 5.12. The Morgan fingerprint density at radius 2 is 1.70 bits per heavy atom. The maximum Gasteiger partial charge on any atom is 0.238 e. The van der Waals surface area contributed by atoms with Crippen LogP contribution >= 0.6 is 12.2 Å². The van der Waals surface area contributed by atoms with Crippen LogP contribution in [0.2, 0.25) is 0 Å². The van der Waals surface area contributed by atoms with Gasteiger partial charge in [0.2, 0.25) is 5.70 Å². The van der Waals surface area contributed by atoms with E-state index in [1.54, 1.807) is 35.2 Å². The van der Waals surface area contributed by atoms with Crippen LogP contribution in [0.15, 0.2) is 73.1 Å². The van der Waals surface area contributed by atoms with Crippen molar-refractivity contribution in [1.29, 1.82) is 0 Å². The van der Waals surface area contributed by atoms with Crippen molar-refractivity contribution in [3.63, 3.8) is 0 Å². The first-order valence-corrected chi connectivity index (χ1v) is 10.2. The quantitative estimate of drug-likeness (QED) is 0.298. The van der Waals surface area contributed by atoms with Gasteiger partial charge in [-0.2, -0.15) is 4.57 Å². The Balaban J connectivity index is 1.72. The van der Waals surface area contributed by atoms with Gasteiger partial charge in [-0.1, -0.05) is 43.4 Å². The minimum Gasteiger partial charge on any atom is -0.867 e. The number of hydrogen-bond donors (Lipinski definition) is 1. The van der Waals surface area contributed by atoms with E-state index in [9.17, 15) is 5.11 Å². The number of thiocarbonyl (C=S) groups is 1. The molecule has 0 unspecified atom stereocenters. The van der Waals surface area contributed by atoms with Gasteiger partial charge in [-0.3, -0.25) is 0 Å². The molecule has 5 nitrogen and oxygen atoms in total. The van der Waals surface area contributed by atoms with Crippen molar-refractivity contribution in [2.24, 2.45) is 0 Å². The molecule has 30 heavy (non-hydrogen) atoms. The minimum atomic E-state index is -0.203. The molecule has 3 aromatic rings. The molecule has 0 aliphatic carbocycles. The van der Waals surface area contributed by atoms with Gasteiger partial charge in [0.25, 0.3) is 0 Å². The third kappa shape index (κ3) is 4.28. The van der Waals surface area contributed by atoms with E-state index in [-0.39, 0.29) is 5.76 Å². The van der Waals surface area contributed by atoms with Crippen LogP contribution in [0.3, 0.4) is 0 Å². The van der Waals surface area contributed by atoms with E-state index in [2.05, 4.69) is 12.2 Å². The van der Waals surface area contributed by atoms with Gasteiger partial charge in [0.05, 0.1) is 0 Å². The summed E-state index contributed by atoms with van der Waals surface area (Å²) in [5.74, 6) is 1.01. The molecular formula is C24H22N2O3S. The predicted molar refractivity (Wildman–Crippen MR) is 119 cm³/mol. The van der Waals surface area contributed by atoms with Crippen molar-refractivity contribution in [2.75, 3.05) is 18.5 Å².